The molecule has 0 aromatic heterocycles. The lowest BCUT2D eigenvalue weighted by atomic mass is 9.97. The zero-order valence-electron chi connectivity index (χ0n) is 9.67. The molecule has 5 heteroatoms. The van der Waals surface area contributed by atoms with E-state index in [1.165, 1.54) is 19.1 Å². The highest BCUT2D eigenvalue weighted by molar-refractivity contribution is 5.96. The second kappa shape index (κ2) is 4.48. The van der Waals surface area contributed by atoms with Crippen LogP contribution < -0.4 is 4.74 Å². The minimum atomic E-state index is -4.39. The number of fused-ring (bicyclic) bond motifs is 1. The highest BCUT2D eigenvalue weighted by atomic mass is 19.4. The third kappa shape index (κ3) is 2.55. The third-order valence-corrected chi connectivity index (χ3v) is 2.66. The average molecular weight is 256 g/mol. The van der Waals surface area contributed by atoms with Crippen LogP contribution in [0.15, 0.2) is 24.3 Å². The van der Waals surface area contributed by atoms with Gasteiger partial charge in [-0.3, -0.25) is 4.79 Å². The highest BCUT2D eigenvalue weighted by Gasteiger charge is 2.32. The SMILES string of the molecule is CC(=O)/C=C1\CCOc2cc(C(F)(F)F)ccc21. The van der Waals surface area contributed by atoms with Crippen LogP contribution in [0.1, 0.15) is 24.5 Å². The predicted octanol–water partition coefficient (Wildman–Crippen LogP) is 3.46. The quantitative estimate of drug-likeness (QED) is 0.719. The Morgan fingerprint density at radius 3 is 2.72 bits per heavy atom. The van der Waals surface area contributed by atoms with Crippen molar-refractivity contribution in [3.05, 3.63) is 35.4 Å². The second-order valence-electron chi connectivity index (χ2n) is 4.09. The number of carbonyl (C=O) groups excluding carboxylic acids is 1. The molecule has 18 heavy (non-hydrogen) atoms. The van der Waals surface area contributed by atoms with Crippen molar-refractivity contribution < 1.29 is 22.7 Å². The molecule has 96 valence electrons. The van der Waals surface area contributed by atoms with E-state index in [-0.39, 0.29) is 18.1 Å². The summed E-state index contributed by atoms with van der Waals surface area (Å²) in [7, 11) is 0. The molecule has 1 aliphatic heterocycles. The van der Waals surface area contributed by atoms with Crippen molar-refractivity contribution >= 4 is 11.4 Å². The molecule has 2 rings (SSSR count). The molecular weight excluding hydrogens is 245 g/mol. The molecule has 1 aromatic carbocycles. The molecule has 0 atom stereocenters. The van der Waals surface area contributed by atoms with Gasteiger partial charge in [0.05, 0.1) is 12.2 Å². The fourth-order valence-corrected chi connectivity index (χ4v) is 1.88. The number of hydrogen-bond donors (Lipinski definition) is 0. The molecule has 0 saturated carbocycles. The van der Waals surface area contributed by atoms with Gasteiger partial charge in [0.2, 0.25) is 0 Å². The van der Waals surface area contributed by atoms with Crippen LogP contribution >= 0.6 is 0 Å². The molecule has 0 amide bonds. The normalized spacial score (nSPS) is 17.2. The second-order valence-corrected chi connectivity index (χ2v) is 4.09. The zero-order valence-corrected chi connectivity index (χ0v) is 9.67. The Morgan fingerprint density at radius 2 is 2.11 bits per heavy atom. The Morgan fingerprint density at radius 1 is 1.39 bits per heavy atom. The molecule has 1 heterocycles. The topological polar surface area (TPSA) is 26.3 Å². The van der Waals surface area contributed by atoms with Gasteiger partial charge in [0.25, 0.3) is 0 Å². The molecule has 0 bridgehead atoms. The van der Waals surface area contributed by atoms with Crippen LogP contribution in [0, 0.1) is 0 Å². The Hall–Kier alpha value is -1.78. The van der Waals surface area contributed by atoms with E-state index in [9.17, 15) is 18.0 Å². The summed E-state index contributed by atoms with van der Waals surface area (Å²) in [6, 6.07) is 3.33. The maximum atomic E-state index is 12.5. The van der Waals surface area contributed by atoms with Gasteiger partial charge in [-0.25, -0.2) is 0 Å². The largest absolute Gasteiger partial charge is 0.493 e. The molecular formula is C13H11F3O2. The first-order chi connectivity index (χ1) is 8.38. The van der Waals surface area contributed by atoms with Crippen molar-refractivity contribution in [2.24, 2.45) is 0 Å². The van der Waals surface area contributed by atoms with Crippen molar-refractivity contribution in [3.8, 4) is 5.75 Å². The summed E-state index contributed by atoms with van der Waals surface area (Å²) < 4.78 is 42.8. The molecule has 0 N–H and O–H groups in total. The van der Waals surface area contributed by atoms with Crippen molar-refractivity contribution in [1.29, 1.82) is 0 Å². The number of carbonyl (C=O) groups is 1. The first-order valence-electron chi connectivity index (χ1n) is 5.43. The molecule has 0 fully saturated rings. The van der Waals surface area contributed by atoms with Crippen LogP contribution in [0.25, 0.3) is 5.57 Å². The van der Waals surface area contributed by atoms with Gasteiger partial charge in [0.15, 0.2) is 5.78 Å². The van der Waals surface area contributed by atoms with Crippen LogP contribution in [-0.4, -0.2) is 12.4 Å². The van der Waals surface area contributed by atoms with Gasteiger partial charge in [-0.15, -0.1) is 0 Å². The summed E-state index contributed by atoms with van der Waals surface area (Å²) in [5, 5.41) is 0. The lowest BCUT2D eigenvalue weighted by Gasteiger charge is -2.21. The van der Waals surface area contributed by atoms with Crippen molar-refractivity contribution in [2.75, 3.05) is 6.61 Å². The lowest BCUT2D eigenvalue weighted by molar-refractivity contribution is -0.137. The fourth-order valence-electron chi connectivity index (χ4n) is 1.88. The predicted molar refractivity (Wildman–Crippen MR) is 60.2 cm³/mol. The number of allylic oxidation sites excluding steroid dienone is 1. The van der Waals surface area contributed by atoms with Crippen LogP contribution in [0.4, 0.5) is 13.2 Å². The number of benzene rings is 1. The Bertz CT molecular complexity index is 515. The van der Waals surface area contributed by atoms with Gasteiger partial charge in [0.1, 0.15) is 5.75 Å². The maximum Gasteiger partial charge on any atom is 0.416 e. The summed E-state index contributed by atoms with van der Waals surface area (Å²) in [5.41, 5.74) is 0.534. The smallest absolute Gasteiger partial charge is 0.416 e. The monoisotopic (exact) mass is 256 g/mol. The van der Waals surface area contributed by atoms with Crippen molar-refractivity contribution in [1.82, 2.24) is 0 Å². The van der Waals surface area contributed by atoms with E-state index in [2.05, 4.69) is 0 Å². The van der Waals surface area contributed by atoms with Crippen molar-refractivity contribution in [2.45, 2.75) is 19.5 Å². The number of alkyl halides is 3. The van der Waals surface area contributed by atoms with E-state index in [0.717, 1.165) is 17.7 Å². The molecule has 2 nitrogen and oxygen atoms in total. The minimum absolute atomic E-state index is 0.127. The number of rotatable bonds is 1. The number of halogens is 3. The third-order valence-electron chi connectivity index (χ3n) is 2.66. The van der Waals surface area contributed by atoms with Gasteiger partial charge in [-0.1, -0.05) is 6.07 Å². The minimum Gasteiger partial charge on any atom is -0.493 e. The van der Waals surface area contributed by atoms with E-state index in [0.29, 0.717) is 12.0 Å². The molecule has 0 aliphatic carbocycles. The van der Waals surface area contributed by atoms with E-state index < -0.39 is 11.7 Å². The van der Waals surface area contributed by atoms with Gasteiger partial charge in [-0.05, 0) is 30.7 Å². The first kappa shape index (κ1) is 12.7. The van der Waals surface area contributed by atoms with E-state index >= 15 is 0 Å². The summed E-state index contributed by atoms with van der Waals surface area (Å²) in [6.45, 7) is 1.69. The summed E-state index contributed by atoms with van der Waals surface area (Å²) in [4.78, 5) is 11.1. The number of hydrogen-bond acceptors (Lipinski definition) is 2. The molecule has 0 spiro atoms. The standard InChI is InChI=1S/C13H11F3O2/c1-8(17)6-9-4-5-18-12-7-10(13(14,15)16)2-3-11(9)12/h2-3,6-7H,4-5H2,1H3/b9-6+. The summed E-state index contributed by atoms with van der Waals surface area (Å²) in [6.07, 6.45) is -2.42. The Labute approximate surface area is 102 Å². The number of ether oxygens (including phenoxy) is 1. The van der Waals surface area contributed by atoms with E-state index in [1.807, 2.05) is 0 Å². The molecule has 0 radical (unpaired) electrons. The molecule has 0 saturated heterocycles. The molecule has 1 aromatic rings. The van der Waals surface area contributed by atoms with Crippen LogP contribution in [0.3, 0.4) is 0 Å². The van der Waals surface area contributed by atoms with Crippen molar-refractivity contribution in [3.63, 3.8) is 0 Å². The van der Waals surface area contributed by atoms with Gasteiger partial charge < -0.3 is 4.74 Å². The van der Waals surface area contributed by atoms with Crippen LogP contribution in [0.5, 0.6) is 5.75 Å². The number of ketones is 1. The average Bonchev–Trinajstić information content (AvgIpc) is 2.27. The highest BCUT2D eigenvalue weighted by Crippen LogP contribution is 2.38. The summed E-state index contributed by atoms with van der Waals surface area (Å²) >= 11 is 0. The zero-order chi connectivity index (χ0) is 13.3. The van der Waals surface area contributed by atoms with Gasteiger partial charge in [-0.2, -0.15) is 13.2 Å². The van der Waals surface area contributed by atoms with E-state index in [1.54, 1.807) is 0 Å². The fraction of sp³-hybridized carbons (Fsp3) is 0.308. The Kier molecular flexibility index (Phi) is 3.15. The Balaban J connectivity index is 2.46. The first-order valence-corrected chi connectivity index (χ1v) is 5.43. The molecule has 1 aliphatic rings. The molecule has 0 unspecified atom stereocenters. The van der Waals surface area contributed by atoms with Gasteiger partial charge >= 0.3 is 6.18 Å². The maximum absolute atomic E-state index is 12.5. The van der Waals surface area contributed by atoms with E-state index in [4.69, 9.17) is 4.74 Å². The van der Waals surface area contributed by atoms with Crippen LogP contribution in [0.2, 0.25) is 0 Å². The summed E-state index contributed by atoms with van der Waals surface area (Å²) in [5.74, 6) is 0.0568. The van der Waals surface area contributed by atoms with Gasteiger partial charge in [0, 0.05) is 12.0 Å². The lowest BCUT2D eigenvalue weighted by Crippen LogP contribution is -2.11. The van der Waals surface area contributed by atoms with Crippen LogP contribution in [-0.2, 0) is 11.0 Å².